The van der Waals surface area contributed by atoms with Crippen molar-refractivity contribution in [3.8, 4) is 22.5 Å². The topological polar surface area (TPSA) is 249 Å². The minimum Gasteiger partial charge on any atom is -0.381 e. The Balaban J connectivity index is 0.908. The number of morpholine rings is 1. The molecule has 2 spiro atoms. The van der Waals surface area contributed by atoms with Crippen LogP contribution in [0.25, 0.3) is 22.5 Å². The Kier molecular flexibility index (Phi) is 14.1. The number of anilines is 7. The lowest BCUT2D eigenvalue weighted by atomic mass is 9.87. The van der Waals surface area contributed by atoms with Crippen molar-refractivity contribution >= 4 is 52.1 Å². The van der Waals surface area contributed by atoms with Crippen LogP contribution in [-0.2, 0) is 20.8 Å². The maximum Gasteiger partial charge on any atom is 0.271 e. The van der Waals surface area contributed by atoms with E-state index in [1.54, 1.807) is 12.4 Å². The van der Waals surface area contributed by atoms with Crippen molar-refractivity contribution in [3.05, 3.63) is 113 Å². The molecule has 4 unspecified atom stereocenters. The second-order valence-corrected chi connectivity index (χ2v) is 22.2. The van der Waals surface area contributed by atoms with Gasteiger partial charge < -0.3 is 56.7 Å². The Morgan fingerprint density at radius 2 is 1.26 bits per heavy atom. The van der Waals surface area contributed by atoms with Crippen molar-refractivity contribution in [2.24, 2.45) is 22.3 Å². The minimum absolute atomic E-state index is 0.0122. The molecule has 0 bridgehead atoms. The number of nitrogens with one attached hydrogen (secondary N) is 4. The molecule has 78 heavy (non-hydrogen) atoms. The number of amides is 2. The number of piperazine rings is 1. The normalized spacial score (nSPS) is 23.0. The monoisotopic (exact) mass is 1060 g/mol. The third-order valence-electron chi connectivity index (χ3n) is 16.8. The van der Waals surface area contributed by atoms with Gasteiger partial charge in [0.25, 0.3) is 11.8 Å². The molecular formula is C58H69N15O5. The van der Waals surface area contributed by atoms with Crippen molar-refractivity contribution in [2.45, 2.75) is 70.5 Å². The summed E-state index contributed by atoms with van der Waals surface area (Å²) in [7, 11) is 2.16. The smallest absolute Gasteiger partial charge is 0.271 e. The van der Waals surface area contributed by atoms with Gasteiger partial charge in [-0.05, 0) is 125 Å². The van der Waals surface area contributed by atoms with Crippen LogP contribution in [0.1, 0.15) is 81.5 Å². The van der Waals surface area contributed by atoms with E-state index in [2.05, 4.69) is 83.3 Å². The number of nitrogens with zero attached hydrogens (tertiary/aromatic N) is 9. The number of rotatable bonds is 16. The summed E-state index contributed by atoms with van der Waals surface area (Å²) in [4.78, 5) is 63.5. The van der Waals surface area contributed by atoms with Gasteiger partial charge in [0.15, 0.2) is 34.7 Å². The van der Waals surface area contributed by atoms with E-state index in [0.717, 1.165) is 130 Å². The summed E-state index contributed by atoms with van der Waals surface area (Å²) in [6.45, 7) is 13.9. The molecule has 6 aliphatic rings. The van der Waals surface area contributed by atoms with Crippen LogP contribution in [0, 0.1) is 24.7 Å². The van der Waals surface area contributed by atoms with Gasteiger partial charge in [0.05, 0.1) is 26.4 Å². The van der Waals surface area contributed by atoms with Crippen molar-refractivity contribution < 1.29 is 23.8 Å². The highest BCUT2D eigenvalue weighted by molar-refractivity contribution is 5.99. The average Bonchev–Trinajstić information content (AvgIpc) is 4.46. The maximum atomic E-state index is 13.6. The van der Waals surface area contributed by atoms with E-state index in [-0.39, 0.29) is 46.4 Å². The number of hydrogen-bond donors (Lipinski definition) is 6. The second-order valence-electron chi connectivity index (χ2n) is 22.2. The van der Waals surface area contributed by atoms with Crippen LogP contribution in [0.3, 0.4) is 0 Å². The zero-order valence-corrected chi connectivity index (χ0v) is 44.7. The number of ether oxygens (including phenoxy) is 3. The Morgan fingerprint density at radius 1 is 0.654 bits per heavy atom. The van der Waals surface area contributed by atoms with E-state index in [1.165, 1.54) is 5.56 Å². The minimum atomic E-state index is -0.706. The molecule has 6 aromatic rings. The van der Waals surface area contributed by atoms with Crippen molar-refractivity contribution in [1.82, 2.24) is 39.7 Å². The molecule has 2 aliphatic carbocycles. The van der Waals surface area contributed by atoms with Crippen molar-refractivity contribution in [1.29, 1.82) is 0 Å². The summed E-state index contributed by atoms with van der Waals surface area (Å²) in [5, 5.41) is 14.8. The van der Waals surface area contributed by atoms with E-state index in [1.807, 2.05) is 50.2 Å². The fourth-order valence-corrected chi connectivity index (χ4v) is 12.0. The fraction of sp³-hybridized carbons (Fsp3) is 0.448. The van der Waals surface area contributed by atoms with Gasteiger partial charge in [-0.3, -0.25) is 24.5 Å². The third-order valence-corrected chi connectivity index (χ3v) is 16.8. The molecule has 4 aliphatic heterocycles. The fourth-order valence-electron chi connectivity index (χ4n) is 12.0. The van der Waals surface area contributed by atoms with E-state index in [4.69, 9.17) is 45.6 Å². The van der Waals surface area contributed by atoms with E-state index in [0.29, 0.717) is 55.9 Å². The lowest BCUT2D eigenvalue weighted by Gasteiger charge is -2.36. The highest BCUT2D eigenvalue weighted by Crippen LogP contribution is 2.65. The summed E-state index contributed by atoms with van der Waals surface area (Å²) < 4.78 is 18.0. The maximum absolute atomic E-state index is 13.6. The largest absolute Gasteiger partial charge is 0.381 e. The highest BCUT2D eigenvalue weighted by Gasteiger charge is 2.62. The summed E-state index contributed by atoms with van der Waals surface area (Å²) in [6, 6.07) is 22.3. The molecule has 4 aromatic heterocycles. The molecule has 0 radical (unpaired) electrons. The Morgan fingerprint density at radius 3 is 1.87 bits per heavy atom. The number of nitrogens with two attached hydrogens (primary N) is 2. The van der Waals surface area contributed by atoms with E-state index in [9.17, 15) is 9.59 Å². The molecule has 4 saturated heterocycles. The first kappa shape index (κ1) is 51.4. The van der Waals surface area contributed by atoms with Crippen LogP contribution in [0.2, 0.25) is 0 Å². The molecule has 2 amide bonds. The highest BCUT2D eigenvalue weighted by atomic mass is 16.5. The molecule has 8 heterocycles. The van der Waals surface area contributed by atoms with E-state index >= 15 is 0 Å². The van der Waals surface area contributed by atoms with Crippen molar-refractivity contribution in [3.63, 3.8) is 0 Å². The van der Waals surface area contributed by atoms with Gasteiger partial charge in [-0.15, -0.1) is 0 Å². The molecule has 12 rings (SSSR count). The Bertz CT molecular complexity index is 3220. The van der Waals surface area contributed by atoms with Gasteiger partial charge >= 0.3 is 0 Å². The number of aromatic nitrogens is 6. The molecule has 2 saturated carbocycles. The predicted octanol–water partition coefficient (Wildman–Crippen LogP) is 6.63. The molecule has 8 N–H and O–H groups in total. The Hall–Kier alpha value is -7.36. The van der Waals surface area contributed by atoms with Crippen molar-refractivity contribution in [2.75, 3.05) is 112 Å². The first-order chi connectivity index (χ1) is 37.9. The Labute approximate surface area is 454 Å². The number of hydrogen-bond acceptors (Lipinski definition) is 18. The molecule has 2 aromatic carbocycles. The average molecular weight is 1060 g/mol. The molecule has 20 heteroatoms. The quantitative estimate of drug-likeness (QED) is 0.0595. The molecule has 20 nitrogen and oxygen atoms in total. The van der Waals surface area contributed by atoms with Gasteiger partial charge in [-0.25, -0.2) is 19.9 Å². The number of carbonyl (C=O) groups is 2. The predicted molar refractivity (Wildman–Crippen MR) is 299 cm³/mol. The standard InChI is InChI=1S/C58H69N15O5/c1-35-28-38(10-16-61-35)47-53(65-45-12-24-77-33-57(45)14-15-57)70-56(50(68-47)52(60)75)64-44-9-8-41(73-20-18-71(3)19-21-73)30-42(44)43-31-58(43)34-78-25-13-46(58)66-54-48(39-11-17-62-36(2)29-39)67-49(51(59)74)55(69-54)63-40-6-4-37(5-7-40)32-72-22-26-76-27-23-72/h4-11,16-17,28-30,43,45-46H,12-15,18-27,31-34H2,1-3H3,(H2,59,74)(H2,60,75)(H2,63,66,69)(H2,64,65,70). The SMILES string of the molecule is Cc1cc(-c2nc(C(N)=O)c(Nc3ccc(N4CCN(C)CC4)cc3C3CC34COCCC4Nc3nc(Nc4ccc(CN5CCOCC5)cc4)c(C(N)=O)nc3-c3ccnc(C)c3)nc2NC2CCOCC23CC3)ccn1. The van der Waals surface area contributed by atoms with Crippen LogP contribution in [0.4, 0.5) is 40.3 Å². The molecule has 4 atom stereocenters. The van der Waals surface area contributed by atoms with Gasteiger partial charge in [0.1, 0.15) is 11.4 Å². The zero-order chi connectivity index (χ0) is 53.5. The van der Waals surface area contributed by atoms with E-state index < -0.39 is 17.2 Å². The zero-order valence-electron chi connectivity index (χ0n) is 44.7. The summed E-state index contributed by atoms with van der Waals surface area (Å²) in [6.07, 6.45) is 7.89. The van der Waals surface area contributed by atoms with Crippen LogP contribution in [-0.4, -0.2) is 150 Å². The van der Waals surface area contributed by atoms with Crippen LogP contribution in [0.15, 0.2) is 79.1 Å². The first-order valence-electron chi connectivity index (χ1n) is 27.4. The van der Waals surface area contributed by atoms with Gasteiger partial charge in [0, 0.05) is 134 Å². The lowest BCUT2D eigenvalue weighted by Crippen LogP contribution is -2.44. The second kappa shape index (κ2) is 21.5. The molecule has 406 valence electrons. The summed E-state index contributed by atoms with van der Waals surface area (Å²) in [5.74, 6) is 0.159. The number of pyridine rings is 2. The van der Waals surface area contributed by atoms with Gasteiger partial charge in [0.2, 0.25) is 0 Å². The lowest BCUT2D eigenvalue weighted by molar-refractivity contribution is 0.0322. The number of aryl methyl sites for hydroxylation is 2. The first-order valence-corrected chi connectivity index (χ1v) is 27.4. The molecular weight excluding hydrogens is 987 g/mol. The number of benzene rings is 2. The van der Waals surface area contributed by atoms with Crippen LogP contribution >= 0.6 is 0 Å². The number of carbonyl (C=O) groups excluding carboxylic acids is 2. The third kappa shape index (κ3) is 10.7. The summed E-state index contributed by atoms with van der Waals surface area (Å²) >= 11 is 0. The number of primary amides is 2. The molecule has 6 fully saturated rings. The summed E-state index contributed by atoms with van der Waals surface area (Å²) in [5.41, 5.74) is 21.1. The number of likely N-dealkylation sites (N-methyl/N-ethyl adjacent to an activating group) is 1. The van der Waals surface area contributed by atoms with Crippen LogP contribution < -0.4 is 37.6 Å². The van der Waals surface area contributed by atoms with Gasteiger partial charge in [-0.2, -0.15) is 0 Å². The van der Waals surface area contributed by atoms with Crippen LogP contribution in [0.5, 0.6) is 0 Å². The van der Waals surface area contributed by atoms with Gasteiger partial charge in [-0.1, -0.05) is 12.1 Å².